The lowest BCUT2D eigenvalue weighted by Crippen LogP contribution is -2.14. The van der Waals surface area contributed by atoms with Crippen LogP contribution in [0.3, 0.4) is 0 Å². The van der Waals surface area contributed by atoms with Crippen LogP contribution >= 0.6 is 0 Å². The van der Waals surface area contributed by atoms with E-state index < -0.39 is 0 Å². The summed E-state index contributed by atoms with van der Waals surface area (Å²) in [4.78, 5) is 11.9. The lowest BCUT2D eigenvalue weighted by molar-refractivity contribution is 0.0611. The van der Waals surface area contributed by atoms with E-state index in [1.54, 1.807) is 12.1 Å². The van der Waals surface area contributed by atoms with Crippen molar-refractivity contribution < 1.29 is 9.15 Å². The number of unbranched alkanes of at least 4 members (excludes halogenated alkanes) is 1. The number of rotatable bonds is 6. The van der Waals surface area contributed by atoms with Crippen LogP contribution in [0.15, 0.2) is 39.5 Å². The van der Waals surface area contributed by atoms with E-state index in [0.717, 1.165) is 19.4 Å². The number of ether oxygens (including phenoxy) is 1. The minimum atomic E-state index is 0.0117. The van der Waals surface area contributed by atoms with Crippen molar-refractivity contribution in [2.24, 2.45) is 0 Å². The summed E-state index contributed by atoms with van der Waals surface area (Å²) in [6, 6.07) is 8.89. The predicted octanol–water partition coefficient (Wildman–Crippen LogP) is 3.54. The van der Waals surface area contributed by atoms with E-state index in [-0.39, 0.29) is 11.5 Å². The van der Waals surface area contributed by atoms with Crippen molar-refractivity contribution in [1.29, 1.82) is 0 Å². The molecular formula is C16H20O3. The van der Waals surface area contributed by atoms with E-state index in [2.05, 4.69) is 6.92 Å². The maximum Gasteiger partial charge on any atom is 0.192 e. The SMILES string of the molecule is CCCCOC(C)Cc1cc(=O)c2ccccc2o1. The van der Waals surface area contributed by atoms with Crippen molar-refractivity contribution in [1.82, 2.24) is 0 Å². The molecule has 1 atom stereocenters. The van der Waals surface area contributed by atoms with Crippen LogP contribution in [0.4, 0.5) is 0 Å². The molecule has 0 aliphatic rings. The van der Waals surface area contributed by atoms with Crippen molar-refractivity contribution in [2.45, 2.75) is 39.2 Å². The molecule has 1 aromatic carbocycles. The molecule has 0 N–H and O–H groups in total. The summed E-state index contributed by atoms with van der Waals surface area (Å²) in [7, 11) is 0. The average molecular weight is 260 g/mol. The van der Waals surface area contributed by atoms with Crippen LogP contribution in [-0.4, -0.2) is 12.7 Å². The Bertz CT molecular complexity index is 586. The van der Waals surface area contributed by atoms with Crippen molar-refractivity contribution in [2.75, 3.05) is 6.61 Å². The first kappa shape index (κ1) is 13.8. The van der Waals surface area contributed by atoms with Gasteiger partial charge in [0.2, 0.25) is 0 Å². The van der Waals surface area contributed by atoms with Crippen LogP contribution in [-0.2, 0) is 11.2 Å². The molecule has 0 saturated heterocycles. The Morgan fingerprint density at radius 1 is 1.32 bits per heavy atom. The summed E-state index contributed by atoms with van der Waals surface area (Å²) in [5, 5.41) is 0.630. The highest BCUT2D eigenvalue weighted by molar-refractivity contribution is 5.76. The van der Waals surface area contributed by atoms with Crippen LogP contribution in [0.2, 0.25) is 0 Å². The third-order valence-corrected chi connectivity index (χ3v) is 3.07. The Morgan fingerprint density at radius 3 is 2.89 bits per heavy atom. The fourth-order valence-electron chi connectivity index (χ4n) is 2.03. The molecule has 0 aliphatic heterocycles. The Labute approximate surface area is 113 Å². The van der Waals surface area contributed by atoms with Crippen molar-refractivity contribution in [3.8, 4) is 0 Å². The normalized spacial score (nSPS) is 12.7. The van der Waals surface area contributed by atoms with Gasteiger partial charge >= 0.3 is 0 Å². The first-order chi connectivity index (χ1) is 9.20. The quantitative estimate of drug-likeness (QED) is 0.746. The fourth-order valence-corrected chi connectivity index (χ4v) is 2.03. The molecule has 2 aromatic rings. The third-order valence-electron chi connectivity index (χ3n) is 3.07. The molecule has 1 unspecified atom stereocenters. The summed E-state index contributed by atoms with van der Waals surface area (Å²) in [6.07, 6.45) is 2.88. The molecule has 0 radical (unpaired) electrons. The van der Waals surface area contributed by atoms with Gasteiger partial charge in [0, 0.05) is 19.1 Å². The molecule has 19 heavy (non-hydrogen) atoms. The topological polar surface area (TPSA) is 39.4 Å². The minimum absolute atomic E-state index is 0.0117. The molecule has 3 heteroatoms. The summed E-state index contributed by atoms with van der Waals surface area (Å²) >= 11 is 0. The fraction of sp³-hybridized carbons (Fsp3) is 0.438. The van der Waals surface area contributed by atoms with E-state index in [0.29, 0.717) is 23.2 Å². The number of para-hydroxylation sites is 1. The van der Waals surface area contributed by atoms with Crippen molar-refractivity contribution in [3.63, 3.8) is 0 Å². The molecule has 0 saturated carbocycles. The van der Waals surface area contributed by atoms with Crippen LogP contribution in [0.25, 0.3) is 11.0 Å². The Morgan fingerprint density at radius 2 is 2.11 bits per heavy atom. The van der Waals surface area contributed by atoms with E-state index >= 15 is 0 Å². The second-order valence-electron chi connectivity index (χ2n) is 4.81. The van der Waals surface area contributed by atoms with Gasteiger partial charge in [-0.3, -0.25) is 4.79 Å². The van der Waals surface area contributed by atoms with Gasteiger partial charge in [0.1, 0.15) is 11.3 Å². The molecular weight excluding hydrogens is 240 g/mol. The van der Waals surface area contributed by atoms with Gasteiger partial charge in [-0.25, -0.2) is 0 Å². The third kappa shape index (κ3) is 3.67. The highest BCUT2D eigenvalue weighted by Gasteiger charge is 2.09. The second kappa shape index (κ2) is 6.53. The molecule has 1 heterocycles. The smallest absolute Gasteiger partial charge is 0.192 e. The van der Waals surface area contributed by atoms with Crippen LogP contribution in [0.1, 0.15) is 32.4 Å². The molecule has 3 nitrogen and oxygen atoms in total. The molecule has 0 aliphatic carbocycles. The lowest BCUT2D eigenvalue weighted by Gasteiger charge is -2.12. The van der Waals surface area contributed by atoms with Crippen molar-refractivity contribution >= 4 is 11.0 Å². The predicted molar refractivity (Wildman–Crippen MR) is 76.5 cm³/mol. The van der Waals surface area contributed by atoms with Crippen LogP contribution in [0, 0.1) is 0 Å². The molecule has 0 amide bonds. The zero-order valence-corrected chi connectivity index (χ0v) is 11.5. The van der Waals surface area contributed by atoms with E-state index in [1.807, 2.05) is 25.1 Å². The largest absolute Gasteiger partial charge is 0.461 e. The number of fused-ring (bicyclic) bond motifs is 1. The highest BCUT2D eigenvalue weighted by Crippen LogP contribution is 2.13. The summed E-state index contributed by atoms with van der Waals surface area (Å²) in [5.41, 5.74) is 0.656. The number of hydrogen-bond donors (Lipinski definition) is 0. The van der Waals surface area contributed by atoms with Gasteiger partial charge in [-0.05, 0) is 25.5 Å². The Hall–Kier alpha value is -1.61. The average Bonchev–Trinajstić information content (AvgIpc) is 2.39. The van der Waals surface area contributed by atoms with Gasteiger partial charge in [-0.1, -0.05) is 25.5 Å². The monoisotopic (exact) mass is 260 g/mol. The molecule has 1 aromatic heterocycles. The zero-order valence-electron chi connectivity index (χ0n) is 11.5. The zero-order chi connectivity index (χ0) is 13.7. The molecule has 0 fully saturated rings. The van der Waals surface area contributed by atoms with Gasteiger partial charge in [-0.15, -0.1) is 0 Å². The first-order valence-corrected chi connectivity index (χ1v) is 6.84. The molecule has 0 spiro atoms. The maximum atomic E-state index is 11.9. The van der Waals surface area contributed by atoms with Gasteiger partial charge in [0.05, 0.1) is 11.5 Å². The Balaban J connectivity index is 2.11. The van der Waals surface area contributed by atoms with Gasteiger partial charge < -0.3 is 9.15 Å². The van der Waals surface area contributed by atoms with Crippen molar-refractivity contribution in [3.05, 3.63) is 46.3 Å². The molecule has 0 bridgehead atoms. The van der Waals surface area contributed by atoms with Gasteiger partial charge in [0.25, 0.3) is 0 Å². The van der Waals surface area contributed by atoms with Gasteiger partial charge in [0.15, 0.2) is 5.43 Å². The van der Waals surface area contributed by atoms with Crippen LogP contribution in [0.5, 0.6) is 0 Å². The lowest BCUT2D eigenvalue weighted by atomic mass is 10.1. The number of benzene rings is 1. The summed E-state index contributed by atoms with van der Waals surface area (Å²) < 4.78 is 11.4. The van der Waals surface area contributed by atoms with Gasteiger partial charge in [-0.2, -0.15) is 0 Å². The van der Waals surface area contributed by atoms with Crippen LogP contribution < -0.4 is 5.43 Å². The highest BCUT2D eigenvalue weighted by atomic mass is 16.5. The minimum Gasteiger partial charge on any atom is -0.461 e. The first-order valence-electron chi connectivity index (χ1n) is 6.84. The maximum absolute atomic E-state index is 11.9. The standard InChI is InChI=1S/C16H20O3/c1-3-4-9-18-12(2)10-13-11-15(17)14-7-5-6-8-16(14)19-13/h5-8,11-12H,3-4,9-10H2,1-2H3. The number of hydrogen-bond acceptors (Lipinski definition) is 3. The summed E-state index contributed by atoms with van der Waals surface area (Å²) in [5.74, 6) is 0.688. The molecule has 102 valence electrons. The van der Waals surface area contributed by atoms with E-state index in [1.165, 1.54) is 0 Å². The van der Waals surface area contributed by atoms with E-state index in [9.17, 15) is 4.79 Å². The second-order valence-corrected chi connectivity index (χ2v) is 4.81. The van der Waals surface area contributed by atoms with E-state index in [4.69, 9.17) is 9.15 Å². The molecule has 2 rings (SSSR count). The summed E-state index contributed by atoms with van der Waals surface area (Å²) in [6.45, 7) is 4.90. The Kier molecular flexibility index (Phi) is 4.74.